The molecule has 9 heteroatoms. The highest BCUT2D eigenvalue weighted by atomic mass is 32.2. The number of rotatable bonds is 8. The molecule has 31 heavy (non-hydrogen) atoms. The van der Waals surface area contributed by atoms with E-state index in [9.17, 15) is 17.6 Å². The van der Waals surface area contributed by atoms with Crippen LogP contribution < -0.4 is 14.8 Å². The quantitative estimate of drug-likeness (QED) is 0.526. The Morgan fingerprint density at radius 2 is 1.90 bits per heavy atom. The van der Waals surface area contributed by atoms with Gasteiger partial charge in [-0.15, -0.1) is 6.42 Å². The number of benzene rings is 2. The standard InChI is InChI=1S/C22H18FN3O4S/c1-2-12-26-31(28,29)20-10-8-16(9-11-20)21(27)25-15-17-5-4-13-24-22(17)30-19-7-3-6-18(23)14-19/h1,3-11,13-14,26H,12,15H2,(H,25,27). The van der Waals surface area contributed by atoms with Crippen LogP contribution in [-0.2, 0) is 16.6 Å². The third-order valence-corrected chi connectivity index (χ3v) is 5.51. The minimum atomic E-state index is -3.73. The molecule has 1 amide bonds. The molecule has 2 aromatic carbocycles. The summed E-state index contributed by atoms with van der Waals surface area (Å²) in [5.41, 5.74) is 0.852. The monoisotopic (exact) mass is 439 g/mol. The van der Waals surface area contributed by atoms with Gasteiger partial charge in [0.1, 0.15) is 11.6 Å². The molecule has 0 radical (unpaired) electrons. The summed E-state index contributed by atoms with van der Waals surface area (Å²) in [4.78, 5) is 16.6. The van der Waals surface area contributed by atoms with E-state index in [1.807, 2.05) is 0 Å². The van der Waals surface area contributed by atoms with Gasteiger partial charge < -0.3 is 10.1 Å². The van der Waals surface area contributed by atoms with E-state index in [0.717, 1.165) is 0 Å². The van der Waals surface area contributed by atoms with Crippen LogP contribution in [0.4, 0.5) is 4.39 Å². The number of aromatic nitrogens is 1. The van der Waals surface area contributed by atoms with Crippen LogP contribution in [0.15, 0.2) is 71.8 Å². The number of ether oxygens (including phenoxy) is 1. The Balaban J connectivity index is 1.67. The molecule has 0 unspecified atom stereocenters. The predicted octanol–water partition coefficient (Wildman–Crippen LogP) is 2.85. The Hall–Kier alpha value is -3.74. The fraction of sp³-hybridized carbons (Fsp3) is 0.0909. The van der Waals surface area contributed by atoms with E-state index in [0.29, 0.717) is 5.56 Å². The van der Waals surface area contributed by atoms with Gasteiger partial charge in [0, 0.05) is 29.9 Å². The second kappa shape index (κ2) is 9.84. The van der Waals surface area contributed by atoms with E-state index < -0.39 is 21.7 Å². The van der Waals surface area contributed by atoms with Crippen LogP contribution in [0.5, 0.6) is 11.6 Å². The molecule has 2 N–H and O–H groups in total. The first-order valence-electron chi connectivity index (χ1n) is 9.08. The molecule has 0 aliphatic carbocycles. The molecule has 0 atom stereocenters. The van der Waals surface area contributed by atoms with E-state index in [1.165, 1.54) is 48.7 Å². The zero-order valence-corrected chi connectivity index (χ0v) is 17.0. The summed E-state index contributed by atoms with van der Waals surface area (Å²) in [5, 5.41) is 2.72. The van der Waals surface area contributed by atoms with Gasteiger partial charge >= 0.3 is 0 Å². The van der Waals surface area contributed by atoms with Crippen molar-refractivity contribution in [2.24, 2.45) is 0 Å². The Bertz CT molecular complexity index is 1220. The molecule has 3 aromatic rings. The number of halogens is 1. The zero-order valence-electron chi connectivity index (χ0n) is 16.2. The highest BCUT2D eigenvalue weighted by molar-refractivity contribution is 7.89. The van der Waals surface area contributed by atoms with Crippen LogP contribution in [0.3, 0.4) is 0 Å². The van der Waals surface area contributed by atoms with Gasteiger partial charge in [-0.2, -0.15) is 4.72 Å². The lowest BCUT2D eigenvalue weighted by atomic mass is 10.2. The van der Waals surface area contributed by atoms with Crippen LogP contribution in [0, 0.1) is 18.2 Å². The van der Waals surface area contributed by atoms with E-state index in [2.05, 4.69) is 20.9 Å². The number of hydrogen-bond acceptors (Lipinski definition) is 5. The van der Waals surface area contributed by atoms with Crippen molar-refractivity contribution in [1.82, 2.24) is 15.0 Å². The summed E-state index contributed by atoms with van der Waals surface area (Å²) in [7, 11) is -3.73. The molecular formula is C22H18FN3O4S. The maximum atomic E-state index is 13.4. The van der Waals surface area contributed by atoms with E-state index in [4.69, 9.17) is 11.2 Å². The minimum Gasteiger partial charge on any atom is -0.439 e. The molecule has 7 nitrogen and oxygen atoms in total. The summed E-state index contributed by atoms with van der Waals surface area (Å²) >= 11 is 0. The first kappa shape index (κ1) is 22.0. The maximum Gasteiger partial charge on any atom is 0.251 e. The minimum absolute atomic E-state index is 0.00246. The smallest absolute Gasteiger partial charge is 0.251 e. The lowest BCUT2D eigenvalue weighted by Crippen LogP contribution is -2.25. The highest BCUT2D eigenvalue weighted by Crippen LogP contribution is 2.23. The number of nitrogens with one attached hydrogen (secondary N) is 2. The fourth-order valence-electron chi connectivity index (χ4n) is 2.58. The molecule has 0 aliphatic heterocycles. The van der Waals surface area contributed by atoms with Crippen molar-refractivity contribution in [3.05, 3.63) is 83.8 Å². The Kier molecular flexibility index (Phi) is 6.97. The number of sulfonamides is 1. The second-order valence-electron chi connectivity index (χ2n) is 6.26. The van der Waals surface area contributed by atoms with Gasteiger partial charge in [0.25, 0.3) is 5.91 Å². The first-order chi connectivity index (χ1) is 14.9. The topological polar surface area (TPSA) is 97.4 Å². The number of nitrogens with zero attached hydrogens (tertiary/aromatic N) is 1. The van der Waals surface area contributed by atoms with Gasteiger partial charge in [-0.3, -0.25) is 4.79 Å². The van der Waals surface area contributed by atoms with Crippen LogP contribution >= 0.6 is 0 Å². The lowest BCUT2D eigenvalue weighted by molar-refractivity contribution is 0.0950. The predicted molar refractivity (Wildman–Crippen MR) is 112 cm³/mol. The summed E-state index contributed by atoms with van der Waals surface area (Å²) in [5.74, 6) is 1.84. The molecule has 1 aromatic heterocycles. The molecule has 0 bridgehead atoms. The van der Waals surface area contributed by atoms with Crippen LogP contribution in [0.2, 0.25) is 0 Å². The third-order valence-electron chi connectivity index (χ3n) is 4.09. The summed E-state index contributed by atoms with van der Waals surface area (Å²) in [6, 6.07) is 14.5. The van der Waals surface area contributed by atoms with Crippen LogP contribution in [0.1, 0.15) is 15.9 Å². The summed E-state index contributed by atoms with van der Waals surface area (Å²) in [6.07, 6.45) is 6.58. The van der Waals surface area contributed by atoms with E-state index in [-0.39, 0.29) is 35.2 Å². The molecule has 158 valence electrons. The normalized spacial score (nSPS) is 10.8. The van der Waals surface area contributed by atoms with Crippen molar-refractivity contribution in [3.8, 4) is 24.0 Å². The van der Waals surface area contributed by atoms with E-state index in [1.54, 1.807) is 18.2 Å². The molecule has 0 fully saturated rings. The number of pyridine rings is 1. The molecule has 0 saturated heterocycles. The Morgan fingerprint density at radius 1 is 1.13 bits per heavy atom. The van der Waals surface area contributed by atoms with Gasteiger partial charge in [0.05, 0.1) is 11.4 Å². The molecule has 0 saturated carbocycles. The number of terminal acetylenes is 1. The number of carbonyl (C=O) groups is 1. The third kappa shape index (κ3) is 5.88. The van der Waals surface area contributed by atoms with Crippen molar-refractivity contribution in [1.29, 1.82) is 0 Å². The van der Waals surface area contributed by atoms with Gasteiger partial charge in [-0.25, -0.2) is 17.8 Å². The molecule has 0 aliphatic rings. The average molecular weight is 439 g/mol. The summed E-state index contributed by atoms with van der Waals surface area (Å²) < 4.78 is 45.3. The zero-order chi connectivity index (χ0) is 22.3. The molecular weight excluding hydrogens is 421 g/mol. The van der Waals surface area contributed by atoms with E-state index >= 15 is 0 Å². The largest absolute Gasteiger partial charge is 0.439 e. The molecule has 1 heterocycles. The SMILES string of the molecule is C#CCNS(=O)(=O)c1ccc(C(=O)NCc2cccnc2Oc2cccc(F)c2)cc1. The van der Waals surface area contributed by atoms with Crippen molar-refractivity contribution < 1.29 is 22.3 Å². The maximum absolute atomic E-state index is 13.4. The van der Waals surface area contributed by atoms with Crippen molar-refractivity contribution in [2.45, 2.75) is 11.4 Å². The van der Waals surface area contributed by atoms with Gasteiger partial charge in [-0.05, 0) is 42.5 Å². The number of hydrogen-bond donors (Lipinski definition) is 2. The second-order valence-corrected chi connectivity index (χ2v) is 8.03. The van der Waals surface area contributed by atoms with Gasteiger partial charge in [-0.1, -0.05) is 18.1 Å². The number of amides is 1. The number of carbonyl (C=O) groups excluding carboxylic acids is 1. The average Bonchev–Trinajstić information content (AvgIpc) is 2.77. The van der Waals surface area contributed by atoms with Crippen molar-refractivity contribution in [2.75, 3.05) is 6.54 Å². The first-order valence-corrected chi connectivity index (χ1v) is 10.6. The summed E-state index contributed by atoms with van der Waals surface area (Å²) in [6.45, 7) is -0.0309. The van der Waals surface area contributed by atoms with Crippen LogP contribution in [0.25, 0.3) is 0 Å². The van der Waals surface area contributed by atoms with Gasteiger partial charge in [0.2, 0.25) is 15.9 Å². The molecule has 3 rings (SSSR count). The van der Waals surface area contributed by atoms with Gasteiger partial charge in [0.15, 0.2) is 0 Å². The lowest BCUT2D eigenvalue weighted by Gasteiger charge is -2.11. The molecule has 0 spiro atoms. The fourth-order valence-corrected chi connectivity index (χ4v) is 3.51. The Morgan fingerprint density at radius 3 is 2.61 bits per heavy atom. The van der Waals surface area contributed by atoms with Crippen molar-refractivity contribution >= 4 is 15.9 Å². The van der Waals surface area contributed by atoms with Crippen molar-refractivity contribution in [3.63, 3.8) is 0 Å². The van der Waals surface area contributed by atoms with Crippen LogP contribution in [-0.4, -0.2) is 25.9 Å². The Labute approximate surface area is 179 Å². The highest BCUT2D eigenvalue weighted by Gasteiger charge is 2.15.